The van der Waals surface area contributed by atoms with Gasteiger partial charge in [0, 0.05) is 26.6 Å². The second kappa shape index (κ2) is 4.58. The Kier molecular flexibility index (Phi) is 3.69. The van der Waals surface area contributed by atoms with E-state index < -0.39 is 0 Å². The summed E-state index contributed by atoms with van der Waals surface area (Å²) in [5, 5.41) is 0. The number of carbonyl (C=O) groups is 1. The summed E-state index contributed by atoms with van der Waals surface area (Å²) in [6, 6.07) is 0. The highest BCUT2D eigenvalue weighted by Gasteiger charge is 2.22. The van der Waals surface area contributed by atoms with Crippen molar-refractivity contribution in [3.8, 4) is 0 Å². The lowest BCUT2D eigenvalue weighted by molar-refractivity contribution is -0.136. The molecule has 0 saturated carbocycles. The Balaban J connectivity index is 2.37. The Bertz CT molecular complexity index is 182. The molecule has 1 aliphatic rings. The first-order valence-electron chi connectivity index (χ1n) is 4.61. The number of rotatable bonds is 2. The van der Waals surface area contributed by atoms with Crippen LogP contribution in [0.4, 0.5) is 0 Å². The van der Waals surface area contributed by atoms with Gasteiger partial charge in [0.25, 0.3) is 0 Å². The predicted molar refractivity (Wildman–Crippen MR) is 50.5 cm³/mol. The van der Waals surface area contributed by atoms with E-state index in [-0.39, 0.29) is 12.0 Å². The van der Waals surface area contributed by atoms with Gasteiger partial charge in [-0.05, 0) is 14.1 Å². The lowest BCUT2D eigenvalue weighted by Gasteiger charge is -2.33. The molecule has 1 heterocycles. The first kappa shape index (κ1) is 10.5. The molecular formula is C9H18N2O2. The highest BCUT2D eigenvalue weighted by molar-refractivity contribution is 5.73. The summed E-state index contributed by atoms with van der Waals surface area (Å²) in [6.07, 6.45) is 0.174. The fraction of sp³-hybridized carbons (Fsp3) is 0.889. The van der Waals surface area contributed by atoms with Crippen LogP contribution in [0.15, 0.2) is 0 Å². The van der Waals surface area contributed by atoms with Crippen molar-refractivity contribution in [2.75, 3.05) is 40.3 Å². The molecule has 0 aromatic heterocycles. The molecule has 1 atom stereocenters. The SMILES string of the molecule is CC(=O)N1CCOC(CN(C)C)C1. The molecule has 4 nitrogen and oxygen atoms in total. The highest BCUT2D eigenvalue weighted by atomic mass is 16.5. The summed E-state index contributed by atoms with van der Waals surface area (Å²) in [5.74, 6) is 0.145. The van der Waals surface area contributed by atoms with Gasteiger partial charge in [-0.2, -0.15) is 0 Å². The predicted octanol–water partition coefficient (Wildman–Crippen LogP) is -0.205. The molecular weight excluding hydrogens is 168 g/mol. The molecule has 0 spiro atoms. The average Bonchev–Trinajstić information content (AvgIpc) is 2.03. The maximum Gasteiger partial charge on any atom is 0.219 e. The van der Waals surface area contributed by atoms with E-state index in [4.69, 9.17) is 4.74 Å². The van der Waals surface area contributed by atoms with Crippen LogP contribution >= 0.6 is 0 Å². The Morgan fingerprint density at radius 2 is 2.31 bits per heavy atom. The third-order valence-electron chi connectivity index (χ3n) is 2.15. The largest absolute Gasteiger partial charge is 0.373 e. The van der Waals surface area contributed by atoms with E-state index in [9.17, 15) is 4.79 Å². The number of carbonyl (C=O) groups excluding carboxylic acids is 1. The van der Waals surface area contributed by atoms with Gasteiger partial charge in [0.15, 0.2) is 0 Å². The molecule has 13 heavy (non-hydrogen) atoms. The summed E-state index contributed by atoms with van der Waals surface area (Å²) in [5.41, 5.74) is 0. The Morgan fingerprint density at radius 3 is 2.85 bits per heavy atom. The van der Waals surface area contributed by atoms with Crippen LogP contribution in [0.3, 0.4) is 0 Å². The fourth-order valence-electron chi connectivity index (χ4n) is 1.52. The van der Waals surface area contributed by atoms with Gasteiger partial charge in [-0.3, -0.25) is 4.79 Å². The number of hydrogen-bond acceptors (Lipinski definition) is 3. The standard InChI is InChI=1S/C9H18N2O2/c1-8(12)11-4-5-13-9(7-11)6-10(2)3/h9H,4-7H2,1-3H3. The third-order valence-corrected chi connectivity index (χ3v) is 2.15. The molecule has 0 aliphatic carbocycles. The summed E-state index contributed by atoms with van der Waals surface area (Å²) in [7, 11) is 4.02. The van der Waals surface area contributed by atoms with E-state index in [1.54, 1.807) is 6.92 Å². The number of morpholine rings is 1. The van der Waals surface area contributed by atoms with E-state index >= 15 is 0 Å². The lowest BCUT2D eigenvalue weighted by Crippen LogP contribution is -2.48. The number of ether oxygens (including phenoxy) is 1. The Labute approximate surface area is 79.4 Å². The highest BCUT2D eigenvalue weighted by Crippen LogP contribution is 2.05. The molecule has 1 aliphatic heterocycles. The van der Waals surface area contributed by atoms with E-state index in [2.05, 4.69) is 4.90 Å². The molecule has 1 fully saturated rings. The van der Waals surface area contributed by atoms with Crippen LogP contribution in [-0.2, 0) is 9.53 Å². The number of nitrogens with zero attached hydrogens (tertiary/aromatic N) is 2. The molecule has 0 aromatic carbocycles. The minimum atomic E-state index is 0.145. The van der Waals surface area contributed by atoms with Crippen molar-refractivity contribution in [2.45, 2.75) is 13.0 Å². The minimum absolute atomic E-state index is 0.145. The van der Waals surface area contributed by atoms with Crippen LogP contribution in [0.5, 0.6) is 0 Å². The summed E-state index contributed by atoms with van der Waals surface area (Å²) in [4.78, 5) is 15.0. The van der Waals surface area contributed by atoms with Crippen LogP contribution < -0.4 is 0 Å². The zero-order chi connectivity index (χ0) is 9.84. The van der Waals surface area contributed by atoms with Crippen LogP contribution in [-0.4, -0.2) is 62.1 Å². The molecule has 1 rings (SSSR count). The molecule has 1 amide bonds. The molecule has 1 saturated heterocycles. The summed E-state index contributed by atoms with van der Waals surface area (Å²) in [6.45, 7) is 4.62. The molecule has 0 radical (unpaired) electrons. The van der Waals surface area contributed by atoms with Crippen LogP contribution in [0, 0.1) is 0 Å². The van der Waals surface area contributed by atoms with E-state index in [1.165, 1.54) is 0 Å². The molecule has 1 unspecified atom stereocenters. The van der Waals surface area contributed by atoms with Crippen LogP contribution in [0.1, 0.15) is 6.92 Å². The van der Waals surface area contributed by atoms with E-state index in [0.29, 0.717) is 6.61 Å². The average molecular weight is 186 g/mol. The smallest absolute Gasteiger partial charge is 0.219 e. The van der Waals surface area contributed by atoms with Crippen LogP contribution in [0.2, 0.25) is 0 Å². The topological polar surface area (TPSA) is 32.8 Å². The lowest BCUT2D eigenvalue weighted by atomic mass is 10.2. The fourth-order valence-corrected chi connectivity index (χ4v) is 1.52. The minimum Gasteiger partial charge on any atom is -0.373 e. The normalized spacial score (nSPS) is 23.7. The first-order valence-corrected chi connectivity index (χ1v) is 4.61. The number of hydrogen-bond donors (Lipinski definition) is 0. The van der Waals surface area contributed by atoms with Gasteiger partial charge in [0.2, 0.25) is 5.91 Å². The van der Waals surface area contributed by atoms with Gasteiger partial charge >= 0.3 is 0 Å². The van der Waals surface area contributed by atoms with Crippen molar-refractivity contribution in [1.82, 2.24) is 9.80 Å². The van der Waals surface area contributed by atoms with Crippen molar-refractivity contribution in [1.29, 1.82) is 0 Å². The second-order valence-electron chi connectivity index (χ2n) is 3.72. The number of likely N-dealkylation sites (N-methyl/N-ethyl adjacent to an activating group) is 1. The molecule has 0 aromatic rings. The molecule has 0 bridgehead atoms. The molecule has 76 valence electrons. The zero-order valence-corrected chi connectivity index (χ0v) is 8.62. The molecule has 4 heteroatoms. The van der Waals surface area contributed by atoms with Gasteiger partial charge < -0.3 is 14.5 Å². The van der Waals surface area contributed by atoms with Gasteiger partial charge in [0.05, 0.1) is 12.7 Å². The van der Waals surface area contributed by atoms with E-state index in [0.717, 1.165) is 19.6 Å². The zero-order valence-electron chi connectivity index (χ0n) is 8.62. The van der Waals surface area contributed by atoms with Crippen LogP contribution in [0.25, 0.3) is 0 Å². The van der Waals surface area contributed by atoms with Gasteiger partial charge in [0.1, 0.15) is 0 Å². The summed E-state index contributed by atoms with van der Waals surface area (Å²) < 4.78 is 5.53. The van der Waals surface area contributed by atoms with Crippen molar-refractivity contribution in [2.24, 2.45) is 0 Å². The maximum absolute atomic E-state index is 11.1. The second-order valence-corrected chi connectivity index (χ2v) is 3.72. The van der Waals surface area contributed by atoms with Crippen molar-refractivity contribution >= 4 is 5.91 Å². The van der Waals surface area contributed by atoms with Crippen molar-refractivity contribution in [3.05, 3.63) is 0 Å². The van der Waals surface area contributed by atoms with E-state index in [1.807, 2.05) is 19.0 Å². The third kappa shape index (κ3) is 3.32. The molecule has 0 N–H and O–H groups in total. The van der Waals surface area contributed by atoms with Gasteiger partial charge in [-0.15, -0.1) is 0 Å². The van der Waals surface area contributed by atoms with Crippen molar-refractivity contribution < 1.29 is 9.53 Å². The van der Waals surface area contributed by atoms with Crippen molar-refractivity contribution in [3.63, 3.8) is 0 Å². The Morgan fingerprint density at radius 1 is 1.62 bits per heavy atom. The first-order chi connectivity index (χ1) is 6.09. The monoisotopic (exact) mass is 186 g/mol. The van der Waals surface area contributed by atoms with Gasteiger partial charge in [-0.25, -0.2) is 0 Å². The van der Waals surface area contributed by atoms with Gasteiger partial charge in [-0.1, -0.05) is 0 Å². The maximum atomic E-state index is 11.1. The number of amides is 1. The summed E-state index contributed by atoms with van der Waals surface area (Å²) >= 11 is 0. The Hall–Kier alpha value is -0.610. The quantitative estimate of drug-likeness (QED) is 0.598.